The highest BCUT2D eigenvalue weighted by atomic mass is 16.4. The van der Waals surface area contributed by atoms with Crippen LogP contribution in [0.4, 0.5) is 0 Å². The van der Waals surface area contributed by atoms with E-state index in [2.05, 4.69) is 10.6 Å². The number of hydrogen-bond donors (Lipinski definition) is 3. The molecule has 5 heteroatoms. The molecule has 5 nitrogen and oxygen atoms in total. The smallest absolute Gasteiger partial charge is 0.303 e. The Labute approximate surface area is 96.6 Å². The first-order valence-electron chi connectivity index (χ1n) is 5.69. The van der Waals surface area contributed by atoms with E-state index >= 15 is 0 Å². The largest absolute Gasteiger partial charge is 0.481 e. The Kier molecular flexibility index (Phi) is 8.52. The van der Waals surface area contributed by atoms with E-state index in [1.165, 1.54) is 0 Å². The number of amides is 1. The number of aliphatic carboxylic acids is 1. The molecule has 0 aromatic rings. The van der Waals surface area contributed by atoms with Crippen LogP contribution >= 0.6 is 0 Å². The second kappa shape index (κ2) is 9.15. The number of rotatable bonds is 9. The molecular weight excluding hydrogens is 208 g/mol. The molecule has 1 unspecified atom stereocenters. The third-order valence-corrected chi connectivity index (χ3v) is 2.33. The van der Waals surface area contributed by atoms with Crippen LogP contribution in [0.15, 0.2) is 0 Å². The second-order valence-electron chi connectivity index (χ2n) is 4.05. The van der Waals surface area contributed by atoms with E-state index in [-0.39, 0.29) is 18.2 Å². The highest BCUT2D eigenvalue weighted by molar-refractivity contribution is 5.75. The summed E-state index contributed by atoms with van der Waals surface area (Å²) in [5.74, 6) is -0.533. The summed E-state index contributed by atoms with van der Waals surface area (Å²) in [6, 6.07) is 0. The molecule has 0 rings (SSSR count). The Morgan fingerprint density at radius 3 is 2.56 bits per heavy atom. The fourth-order valence-electron chi connectivity index (χ4n) is 1.27. The van der Waals surface area contributed by atoms with Crippen LogP contribution in [0.5, 0.6) is 0 Å². The lowest BCUT2D eigenvalue weighted by Crippen LogP contribution is -2.28. The first kappa shape index (κ1) is 14.9. The van der Waals surface area contributed by atoms with E-state index < -0.39 is 5.97 Å². The maximum absolute atomic E-state index is 11.3. The Morgan fingerprint density at radius 2 is 2.00 bits per heavy atom. The normalized spacial score (nSPS) is 12.1. The number of carboxylic acid groups (broad SMARTS) is 1. The number of carbonyl (C=O) groups is 2. The molecule has 0 spiro atoms. The molecule has 1 amide bonds. The Balaban J connectivity index is 3.47. The van der Waals surface area contributed by atoms with Gasteiger partial charge in [-0.05, 0) is 32.4 Å². The van der Waals surface area contributed by atoms with Gasteiger partial charge in [-0.3, -0.25) is 9.59 Å². The van der Waals surface area contributed by atoms with Gasteiger partial charge >= 0.3 is 5.97 Å². The molecule has 0 saturated heterocycles. The lowest BCUT2D eigenvalue weighted by atomic mass is 10.1. The van der Waals surface area contributed by atoms with Gasteiger partial charge in [0, 0.05) is 19.4 Å². The maximum Gasteiger partial charge on any atom is 0.303 e. The van der Waals surface area contributed by atoms with Gasteiger partial charge in [-0.2, -0.15) is 0 Å². The van der Waals surface area contributed by atoms with Crippen LogP contribution < -0.4 is 10.6 Å². The molecule has 0 aliphatic heterocycles. The standard InChI is InChI=1S/C11H22N2O3/c1-9(5-6-11(15)16)8-13-10(14)4-3-7-12-2/h9,12H,3-8H2,1-2H3,(H,13,14)(H,15,16). The maximum atomic E-state index is 11.3. The van der Waals surface area contributed by atoms with E-state index in [4.69, 9.17) is 5.11 Å². The zero-order chi connectivity index (χ0) is 12.4. The first-order chi connectivity index (χ1) is 7.56. The molecule has 0 saturated carbocycles. The van der Waals surface area contributed by atoms with Crippen molar-refractivity contribution >= 4 is 11.9 Å². The van der Waals surface area contributed by atoms with Crippen molar-refractivity contribution in [1.29, 1.82) is 0 Å². The van der Waals surface area contributed by atoms with Crippen LogP contribution in [-0.2, 0) is 9.59 Å². The van der Waals surface area contributed by atoms with E-state index in [0.29, 0.717) is 19.4 Å². The van der Waals surface area contributed by atoms with Gasteiger partial charge in [0.2, 0.25) is 5.91 Å². The van der Waals surface area contributed by atoms with Crippen molar-refractivity contribution in [3.63, 3.8) is 0 Å². The molecule has 1 atom stereocenters. The molecule has 0 bridgehead atoms. The minimum atomic E-state index is -0.785. The fraction of sp³-hybridized carbons (Fsp3) is 0.818. The van der Waals surface area contributed by atoms with Crippen LogP contribution in [0.3, 0.4) is 0 Å². The van der Waals surface area contributed by atoms with Crippen molar-refractivity contribution in [3.05, 3.63) is 0 Å². The van der Waals surface area contributed by atoms with Gasteiger partial charge in [0.1, 0.15) is 0 Å². The minimum Gasteiger partial charge on any atom is -0.481 e. The predicted octanol–water partition coefficient (Wildman–Crippen LogP) is 0.603. The Morgan fingerprint density at radius 1 is 1.31 bits per heavy atom. The second-order valence-corrected chi connectivity index (χ2v) is 4.05. The van der Waals surface area contributed by atoms with Gasteiger partial charge in [0.25, 0.3) is 0 Å². The molecule has 94 valence electrons. The summed E-state index contributed by atoms with van der Waals surface area (Å²) >= 11 is 0. The molecule has 3 N–H and O–H groups in total. The van der Waals surface area contributed by atoms with Crippen LogP contribution in [0.1, 0.15) is 32.6 Å². The summed E-state index contributed by atoms with van der Waals surface area (Å²) in [6.07, 6.45) is 2.11. The number of nitrogens with one attached hydrogen (secondary N) is 2. The molecule has 0 aromatic heterocycles. The summed E-state index contributed by atoms with van der Waals surface area (Å²) in [6.45, 7) is 3.34. The topological polar surface area (TPSA) is 78.4 Å². The fourth-order valence-corrected chi connectivity index (χ4v) is 1.27. The Bertz CT molecular complexity index is 219. The lowest BCUT2D eigenvalue weighted by molar-refractivity contribution is -0.137. The van der Waals surface area contributed by atoms with Crippen molar-refractivity contribution in [3.8, 4) is 0 Å². The van der Waals surface area contributed by atoms with Gasteiger partial charge < -0.3 is 15.7 Å². The van der Waals surface area contributed by atoms with Gasteiger partial charge in [-0.15, -0.1) is 0 Å². The van der Waals surface area contributed by atoms with Crippen LogP contribution in [0, 0.1) is 5.92 Å². The zero-order valence-corrected chi connectivity index (χ0v) is 10.1. The average Bonchev–Trinajstić information content (AvgIpc) is 2.24. The SMILES string of the molecule is CNCCCC(=O)NCC(C)CCC(=O)O. The summed E-state index contributed by atoms with van der Waals surface area (Å²) in [5, 5.41) is 14.3. The molecule has 0 aliphatic rings. The third kappa shape index (κ3) is 9.45. The number of carbonyl (C=O) groups excluding carboxylic acids is 1. The molecule has 16 heavy (non-hydrogen) atoms. The van der Waals surface area contributed by atoms with E-state index in [0.717, 1.165) is 13.0 Å². The quantitative estimate of drug-likeness (QED) is 0.507. The highest BCUT2D eigenvalue weighted by Crippen LogP contribution is 2.03. The predicted molar refractivity (Wildman–Crippen MR) is 62.2 cm³/mol. The minimum absolute atomic E-state index is 0.0393. The molecular formula is C11H22N2O3. The van der Waals surface area contributed by atoms with Crippen molar-refractivity contribution in [2.75, 3.05) is 20.1 Å². The highest BCUT2D eigenvalue weighted by Gasteiger charge is 2.07. The summed E-state index contributed by atoms with van der Waals surface area (Å²) in [4.78, 5) is 21.6. The molecule has 0 radical (unpaired) electrons. The summed E-state index contributed by atoms with van der Waals surface area (Å²) in [7, 11) is 1.85. The summed E-state index contributed by atoms with van der Waals surface area (Å²) < 4.78 is 0. The number of carboxylic acids is 1. The van der Waals surface area contributed by atoms with E-state index in [1.54, 1.807) is 0 Å². The Hall–Kier alpha value is -1.10. The van der Waals surface area contributed by atoms with Crippen molar-refractivity contribution in [1.82, 2.24) is 10.6 Å². The molecule has 0 aromatic carbocycles. The van der Waals surface area contributed by atoms with Crippen LogP contribution in [0.25, 0.3) is 0 Å². The molecule has 0 fully saturated rings. The third-order valence-electron chi connectivity index (χ3n) is 2.33. The van der Waals surface area contributed by atoms with Crippen LogP contribution in [-0.4, -0.2) is 37.1 Å². The van der Waals surface area contributed by atoms with Gasteiger partial charge in [-0.1, -0.05) is 6.92 Å². The monoisotopic (exact) mass is 230 g/mol. The van der Waals surface area contributed by atoms with Gasteiger partial charge in [0.05, 0.1) is 0 Å². The van der Waals surface area contributed by atoms with E-state index in [1.807, 2.05) is 14.0 Å². The van der Waals surface area contributed by atoms with Crippen LogP contribution in [0.2, 0.25) is 0 Å². The van der Waals surface area contributed by atoms with Gasteiger partial charge in [-0.25, -0.2) is 0 Å². The lowest BCUT2D eigenvalue weighted by Gasteiger charge is -2.11. The first-order valence-corrected chi connectivity index (χ1v) is 5.69. The zero-order valence-electron chi connectivity index (χ0n) is 10.1. The van der Waals surface area contributed by atoms with Gasteiger partial charge in [0.15, 0.2) is 0 Å². The van der Waals surface area contributed by atoms with E-state index in [9.17, 15) is 9.59 Å². The van der Waals surface area contributed by atoms with Crippen molar-refractivity contribution in [2.45, 2.75) is 32.6 Å². The number of hydrogen-bond acceptors (Lipinski definition) is 3. The van der Waals surface area contributed by atoms with Crippen molar-refractivity contribution in [2.24, 2.45) is 5.92 Å². The van der Waals surface area contributed by atoms with Crippen molar-refractivity contribution < 1.29 is 14.7 Å². The average molecular weight is 230 g/mol. The molecule has 0 aliphatic carbocycles. The molecule has 0 heterocycles. The summed E-state index contributed by atoms with van der Waals surface area (Å²) in [5.41, 5.74) is 0.